The lowest BCUT2D eigenvalue weighted by molar-refractivity contribution is 1.14. The van der Waals surface area contributed by atoms with E-state index < -0.39 is 0 Å². The van der Waals surface area contributed by atoms with E-state index in [0.29, 0.717) is 33.3 Å². The maximum atomic E-state index is 7.18. The highest BCUT2D eigenvalue weighted by molar-refractivity contribution is 9.10. The molecule has 4 aromatic rings. The Morgan fingerprint density at radius 2 is 1.89 bits per heavy atom. The van der Waals surface area contributed by atoms with Gasteiger partial charge in [0.05, 0.1) is 10.2 Å². The maximum absolute atomic E-state index is 7.18. The van der Waals surface area contributed by atoms with Gasteiger partial charge in [0.2, 0.25) is 5.95 Å². The third-order valence-electron chi connectivity index (χ3n) is 3.97. The number of hydrogen-bond acceptors (Lipinski definition) is 7. The lowest BCUT2D eigenvalue weighted by Crippen LogP contribution is -2.01. The van der Waals surface area contributed by atoms with E-state index in [4.69, 9.17) is 11.3 Å². The molecule has 27 heavy (non-hydrogen) atoms. The molecule has 0 bridgehead atoms. The molecule has 8 nitrogen and oxygen atoms in total. The van der Waals surface area contributed by atoms with Gasteiger partial charge in [0.15, 0.2) is 0 Å². The first-order chi connectivity index (χ1) is 13.1. The highest BCUT2D eigenvalue weighted by Gasteiger charge is 2.08. The van der Waals surface area contributed by atoms with Gasteiger partial charge in [-0.25, -0.2) is 10.5 Å². The Labute approximate surface area is 162 Å². The Bertz CT molecular complexity index is 1140. The molecule has 0 fully saturated rings. The Kier molecular flexibility index (Phi) is 4.43. The molecule has 0 saturated carbocycles. The van der Waals surface area contributed by atoms with E-state index in [1.54, 1.807) is 24.4 Å². The zero-order valence-corrected chi connectivity index (χ0v) is 15.6. The molecule has 0 aliphatic rings. The van der Waals surface area contributed by atoms with E-state index in [1.807, 2.05) is 30.5 Å². The number of nitrogens with zero attached hydrogens (tertiary/aromatic N) is 3. The standard InChI is InChI=1S/C18H15BrN8/c19-13-9-23-18(25-11-2-4-15-10(7-11)5-6-22-15)26-17(13)24-12-1-3-14(20)16(8-12)27-21/h1-9,21-22H,20H2,(H2,23,24,25,26). The van der Waals surface area contributed by atoms with Crippen LogP contribution in [0.25, 0.3) is 10.9 Å². The van der Waals surface area contributed by atoms with Gasteiger partial charge in [0.1, 0.15) is 11.5 Å². The van der Waals surface area contributed by atoms with Crippen molar-refractivity contribution >= 4 is 61.3 Å². The summed E-state index contributed by atoms with van der Waals surface area (Å²) in [6.07, 6.45) is 3.57. The first kappa shape index (κ1) is 17.0. The molecule has 6 N–H and O–H groups in total. The van der Waals surface area contributed by atoms with Crippen molar-refractivity contribution in [1.82, 2.24) is 15.0 Å². The Morgan fingerprint density at radius 3 is 2.74 bits per heavy atom. The van der Waals surface area contributed by atoms with Gasteiger partial charge >= 0.3 is 0 Å². The second-order valence-electron chi connectivity index (χ2n) is 5.81. The number of anilines is 5. The normalized spacial score (nSPS) is 10.7. The molecule has 0 aliphatic heterocycles. The average molecular weight is 423 g/mol. The monoisotopic (exact) mass is 422 g/mol. The van der Waals surface area contributed by atoms with E-state index in [2.05, 4.69) is 46.6 Å². The number of nitrogens with two attached hydrogens (primary N) is 1. The van der Waals surface area contributed by atoms with Gasteiger partial charge in [-0.3, -0.25) is 0 Å². The molecule has 0 unspecified atom stereocenters. The molecule has 9 heteroatoms. The summed E-state index contributed by atoms with van der Waals surface area (Å²) in [6, 6.07) is 13.2. The highest BCUT2D eigenvalue weighted by atomic mass is 79.9. The van der Waals surface area contributed by atoms with Crippen LogP contribution in [0.1, 0.15) is 0 Å². The third kappa shape index (κ3) is 3.58. The number of halogens is 1. The summed E-state index contributed by atoms with van der Waals surface area (Å²) >= 11 is 3.45. The molecule has 2 aromatic heterocycles. The van der Waals surface area contributed by atoms with Crippen LogP contribution < -0.4 is 16.4 Å². The van der Waals surface area contributed by atoms with Crippen molar-refractivity contribution in [2.45, 2.75) is 0 Å². The van der Waals surface area contributed by atoms with E-state index >= 15 is 0 Å². The van der Waals surface area contributed by atoms with Crippen LogP contribution in [0.5, 0.6) is 0 Å². The van der Waals surface area contributed by atoms with Crippen LogP contribution in [-0.2, 0) is 0 Å². The van der Waals surface area contributed by atoms with E-state index in [-0.39, 0.29) is 0 Å². The van der Waals surface area contributed by atoms with Crippen LogP contribution in [0.2, 0.25) is 0 Å². The topological polar surface area (TPSA) is 128 Å². The summed E-state index contributed by atoms with van der Waals surface area (Å²) in [6.45, 7) is 0. The first-order valence-electron chi connectivity index (χ1n) is 8.03. The smallest absolute Gasteiger partial charge is 0.229 e. The van der Waals surface area contributed by atoms with Gasteiger partial charge in [-0.1, -0.05) is 0 Å². The van der Waals surface area contributed by atoms with Crippen LogP contribution in [0.4, 0.5) is 34.5 Å². The number of rotatable bonds is 5. The van der Waals surface area contributed by atoms with Crippen molar-refractivity contribution in [2.75, 3.05) is 16.4 Å². The molecular formula is C18H15BrN8. The summed E-state index contributed by atoms with van der Waals surface area (Å²) in [4.78, 5) is 12.0. The summed E-state index contributed by atoms with van der Waals surface area (Å²) in [5, 5.41) is 10.9. The Hall–Kier alpha value is -3.46. The second-order valence-corrected chi connectivity index (χ2v) is 6.66. The average Bonchev–Trinajstić information content (AvgIpc) is 3.14. The van der Waals surface area contributed by atoms with Crippen molar-refractivity contribution in [1.29, 1.82) is 5.53 Å². The molecule has 0 spiro atoms. The lowest BCUT2D eigenvalue weighted by atomic mass is 10.2. The Balaban J connectivity index is 1.60. The number of aromatic nitrogens is 3. The largest absolute Gasteiger partial charge is 0.397 e. The van der Waals surface area contributed by atoms with Crippen LogP contribution in [-0.4, -0.2) is 15.0 Å². The first-order valence-corrected chi connectivity index (χ1v) is 8.82. The molecular weight excluding hydrogens is 408 g/mol. The third-order valence-corrected chi connectivity index (χ3v) is 4.55. The fourth-order valence-corrected chi connectivity index (χ4v) is 2.92. The zero-order valence-electron chi connectivity index (χ0n) is 14.0. The van der Waals surface area contributed by atoms with E-state index in [1.165, 1.54) is 0 Å². The minimum Gasteiger partial charge on any atom is -0.397 e. The minimum atomic E-state index is 0.392. The van der Waals surface area contributed by atoms with Crippen molar-refractivity contribution in [2.24, 2.45) is 5.11 Å². The molecule has 0 aliphatic carbocycles. The van der Waals surface area contributed by atoms with Gasteiger partial charge in [0, 0.05) is 34.7 Å². The summed E-state index contributed by atoms with van der Waals surface area (Å²) in [5.74, 6) is 1.03. The highest BCUT2D eigenvalue weighted by Crippen LogP contribution is 2.30. The van der Waals surface area contributed by atoms with Crippen molar-refractivity contribution in [3.8, 4) is 0 Å². The fourth-order valence-electron chi connectivity index (χ4n) is 2.63. The molecule has 0 atom stereocenters. The van der Waals surface area contributed by atoms with Crippen LogP contribution >= 0.6 is 15.9 Å². The van der Waals surface area contributed by atoms with Crippen LogP contribution in [0.3, 0.4) is 0 Å². The number of nitrogens with one attached hydrogen (secondary N) is 4. The number of hydrogen-bond donors (Lipinski definition) is 5. The van der Waals surface area contributed by atoms with Crippen molar-refractivity contribution in [3.63, 3.8) is 0 Å². The van der Waals surface area contributed by atoms with Crippen LogP contribution in [0.15, 0.2) is 64.4 Å². The van der Waals surface area contributed by atoms with Gasteiger partial charge < -0.3 is 21.4 Å². The fraction of sp³-hybridized carbons (Fsp3) is 0. The van der Waals surface area contributed by atoms with E-state index in [0.717, 1.165) is 16.6 Å². The maximum Gasteiger partial charge on any atom is 0.229 e. The lowest BCUT2D eigenvalue weighted by Gasteiger charge is -2.11. The Morgan fingerprint density at radius 1 is 1.07 bits per heavy atom. The summed E-state index contributed by atoms with van der Waals surface area (Å²) in [5.41, 5.74) is 16.5. The number of aromatic amines is 1. The number of benzene rings is 2. The van der Waals surface area contributed by atoms with Gasteiger partial charge in [-0.2, -0.15) is 10.1 Å². The molecule has 0 amide bonds. The van der Waals surface area contributed by atoms with Crippen molar-refractivity contribution < 1.29 is 0 Å². The number of H-pyrrole nitrogens is 1. The summed E-state index contributed by atoms with van der Waals surface area (Å²) in [7, 11) is 0. The summed E-state index contributed by atoms with van der Waals surface area (Å²) < 4.78 is 0.704. The van der Waals surface area contributed by atoms with Gasteiger partial charge in [-0.15, -0.1) is 0 Å². The zero-order chi connectivity index (χ0) is 18.8. The molecule has 2 aromatic carbocycles. The minimum absolute atomic E-state index is 0.392. The van der Waals surface area contributed by atoms with Gasteiger partial charge in [0.25, 0.3) is 0 Å². The second kappa shape index (κ2) is 7.04. The quantitative estimate of drug-likeness (QED) is 0.215. The van der Waals surface area contributed by atoms with Crippen molar-refractivity contribution in [3.05, 3.63) is 59.3 Å². The molecule has 0 saturated heterocycles. The van der Waals surface area contributed by atoms with Gasteiger partial charge in [-0.05, 0) is 58.4 Å². The van der Waals surface area contributed by atoms with Crippen LogP contribution in [0, 0.1) is 5.53 Å². The predicted molar refractivity (Wildman–Crippen MR) is 110 cm³/mol. The SMILES string of the molecule is N=Nc1cc(Nc2nc(Nc3ccc4[nH]ccc4c3)ncc2Br)ccc1N. The molecule has 0 radical (unpaired) electrons. The molecule has 134 valence electrons. The predicted octanol–water partition coefficient (Wildman–Crippen LogP) is 5.45. The van der Waals surface area contributed by atoms with E-state index in [9.17, 15) is 0 Å². The molecule has 4 rings (SSSR count). The molecule has 2 heterocycles. The number of fused-ring (bicyclic) bond motifs is 1. The number of nitrogen functional groups attached to an aromatic ring is 1.